The van der Waals surface area contributed by atoms with E-state index in [1.54, 1.807) is 0 Å². The SMILES string of the molecule is CCCNC(=O)c1cc2ccccc2c(NCCC)n1. The number of carbonyl (C=O) groups is 1. The molecule has 0 saturated heterocycles. The molecule has 4 nitrogen and oxygen atoms in total. The molecule has 0 spiro atoms. The predicted molar refractivity (Wildman–Crippen MR) is 83.1 cm³/mol. The number of hydrogen-bond donors (Lipinski definition) is 2. The van der Waals surface area contributed by atoms with E-state index in [4.69, 9.17) is 0 Å². The number of nitrogens with zero attached hydrogens (tertiary/aromatic N) is 1. The summed E-state index contributed by atoms with van der Waals surface area (Å²) in [5.41, 5.74) is 0.468. The van der Waals surface area contributed by atoms with Crippen LogP contribution < -0.4 is 10.6 Å². The Morgan fingerprint density at radius 3 is 2.65 bits per heavy atom. The minimum absolute atomic E-state index is 0.114. The van der Waals surface area contributed by atoms with E-state index in [9.17, 15) is 4.79 Å². The summed E-state index contributed by atoms with van der Waals surface area (Å²) in [5, 5.41) is 8.24. The quantitative estimate of drug-likeness (QED) is 0.848. The van der Waals surface area contributed by atoms with Crippen molar-refractivity contribution in [1.29, 1.82) is 0 Å². The van der Waals surface area contributed by atoms with Crippen LogP contribution in [0.4, 0.5) is 5.82 Å². The first-order chi connectivity index (χ1) is 9.76. The largest absolute Gasteiger partial charge is 0.370 e. The van der Waals surface area contributed by atoms with Crippen molar-refractivity contribution < 1.29 is 4.79 Å². The Hall–Kier alpha value is -2.10. The highest BCUT2D eigenvalue weighted by molar-refractivity contribution is 6.00. The molecule has 0 saturated carbocycles. The second-order valence-corrected chi connectivity index (χ2v) is 4.76. The smallest absolute Gasteiger partial charge is 0.269 e. The van der Waals surface area contributed by atoms with Gasteiger partial charge in [0.1, 0.15) is 11.5 Å². The maximum atomic E-state index is 12.1. The first-order valence-electron chi connectivity index (χ1n) is 7.18. The third-order valence-corrected chi connectivity index (χ3v) is 3.05. The molecule has 0 aliphatic carbocycles. The topological polar surface area (TPSA) is 54.0 Å². The van der Waals surface area contributed by atoms with Crippen LogP contribution >= 0.6 is 0 Å². The summed E-state index contributed by atoms with van der Waals surface area (Å²) in [6, 6.07) is 9.83. The van der Waals surface area contributed by atoms with Crippen LogP contribution in [0, 0.1) is 0 Å². The Labute approximate surface area is 119 Å². The maximum Gasteiger partial charge on any atom is 0.269 e. The minimum Gasteiger partial charge on any atom is -0.370 e. The van der Waals surface area contributed by atoms with Gasteiger partial charge in [-0.15, -0.1) is 0 Å². The lowest BCUT2D eigenvalue weighted by Gasteiger charge is -2.11. The molecule has 0 atom stereocenters. The standard InChI is InChI=1S/C16H21N3O/c1-3-9-17-15-13-8-6-5-7-12(13)11-14(19-15)16(20)18-10-4-2/h5-8,11H,3-4,9-10H2,1-2H3,(H,17,19)(H,18,20). The number of carbonyl (C=O) groups excluding carboxylic acids is 1. The lowest BCUT2D eigenvalue weighted by atomic mass is 10.1. The van der Waals surface area contributed by atoms with Crippen molar-refractivity contribution in [2.45, 2.75) is 26.7 Å². The van der Waals surface area contributed by atoms with Gasteiger partial charge in [0.2, 0.25) is 0 Å². The van der Waals surface area contributed by atoms with E-state index in [-0.39, 0.29) is 5.91 Å². The van der Waals surface area contributed by atoms with E-state index in [0.29, 0.717) is 12.2 Å². The second-order valence-electron chi connectivity index (χ2n) is 4.76. The molecule has 0 aliphatic rings. The summed E-state index contributed by atoms with van der Waals surface area (Å²) in [6.45, 7) is 5.65. The molecular formula is C16H21N3O. The number of aromatic nitrogens is 1. The zero-order chi connectivity index (χ0) is 14.4. The second kappa shape index (κ2) is 6.89. The van der Waals surface area contributed by atoms with E-state index in [0.717, 1.165) is 36.0 Å². The van der Waals surface area contributed by atoms with Crippen molar-refractivity contribution in [3.63, 3.8) is 0 Å². The summed E-state index contributed by atoms with van der Waals surface area (Å²) in [4.78, 5) is 16.5. The fourth-order valence-electron chi connectivity index (χ4n) is 2.02. The Morgan fingerprint density at radius 1 is 1.15 bits per heavy atom. The molecule has 1 heterocycles. The average Bonchev–Trinajstić information content (AvgIpc) is 2.49. The molecule has 1 amide bonds. The lowest BCUT2D eigenvalue weighted by molar-refractivity contribution is 0.0949. The number of benzene rings is 1. The van der Waals surface area contributed by atoms with Crippen molar-refractivity contribution in [1.82, 2.24) is 10.3 Å². The third-order valence-electron chi connectivity index (χ3n) is 3.05. The van der Waals surface area contributed by atoms with Crippen LogP contribution in [0.25, 0.3) is 10.8 Å². The van der Waals surface area contributed by atoms with Gasteiger partial charge in [-0.3, -0.25) is 4.79 Å². The zero-order valence-electron chi connectivity index (χ0n) is 12.1. The van der Waals surface area contributed by atoms with Gasteiger partial charge in [0.25, 0.3) is 5.91 Å². The van der Waals surface area contributed by atoms with Gasteiger partial charge < -0.3 is 10.6 Å². The van der Waals surface area contributed by atoms with Crippen LogP contribution in [-0.2, 0) is 0 Å². The van der Waals surface area contributed by atoms with Gasteiger partial charge in [-0.1, -0.05) is 38.1 Å². The normalized spacial score (nSPS) is 10.5. The molecule has 2 rings (SSSR count). The van der Waals surface area contributed by atoms with Gasteiger partial charge >= 0.3 is 0 Å². The van der Waals surface area contributed by atoms with Gasteiger partial charge in [0.05, 0.1) is 0 Å². The molecule has 0 radical (unpaired) electrons. The van der Waals surface area contributed by atoms with Crippen molar-refractivity contribution in [3.8, 4) is 0 Å². The van der Waals surface area contributed by atoms with Crippen molar-refractivity contribution in [2.75, 3.05) is 18.4 Å². The number of hydrogen-bond acceptors (Lipinski definition) is 3. The monoisotopic (exact) mass is 271 g/mol. The maximum absolute atomic E-state index is 12.1. The van der Waals surface area contributed by atoms with Gasteiger partial charge in [-0.05, 0) is 24.3 Å². The van der Waals surface area contributed by atoms with Crippen molar-refractivity contribution in [2.24, 2.45) is 0 Å². The molecule has 1 aromatic heterocycles. The highest BCUT2D eigenvalue weighted by Crippen LogP contribution is 2.22. The first kappa shape index (κ1) is 14.3. The van der Waals surface area contributed by atoms with Crippen LogP contribution in [0.5, 0.6) is 0 Å². The molecule has 0 aliphatic heterocycles. The van der Waals surface area contributed by atoms with Crippen LogP contribution in [0.1, 0.15) is 37.2 Å². The molecule has 1 aromatic carbocycles. The van der Waals surface area contributed by atoms with E-state index >= 15 is 0 Å². The average molecular weight is 271 g/mol. The van der Waals surface area contributed by atoms with Crippen LogP contribution in [0.2, 0.25) is 0 Å². The highest BCUT2D eigenvalue weighted by Gasteiger charge is 2.11. The van der Waals surface area contributed by atoms with E-state index in [1.807, 2.05) is 37.3 Å². The highest BCUT2D eigenvalue weighted by atomic mass is 16.1. The summed E-state index contributed by atoms with van der Waals surface area (Å²) >= 11 is 0. The number of nitrogens with one attached hydrogen (secondary N) is 2. The molecule has 0 fully saturated rings. The summed E-state index contributed by atoms with van der Waals surface area (Å²) in [6.07, 6.45) is 1.93. The number of pyridine rings is 1. The summed E-state index contributed by atoms with van der Waals surface area (Å²) in [5.74, 6) is 0.670. The van der Waals surface area contributed by atoms with Crippen LogP contribution in [0.3, 0.4) is 0 Å². The Morgan fingerprint density at radius 2 is 1.90 bits per heavy atom. The molecule has 2 aromatic rings. The van der Waals surface area contributed by atoms with Crippen LogP contribution in [-0.4, -0.2) is 24.0 Å². The fourth-order valence-corrected chi connectivity index (χ4v) is 2.02. The first-order valence-corrected chi connectivity index (χ1v) is 7.18. The third kappa shape index (κ3) is 3.26. The van der Waals surface area contributed by atoms with Gasteiger partial charge in [0, 0.05) is 18.5 Å². The minimum atomic E-state index is -0.114. The zero-order valence-corrected chi connectivity index (χ0v) is 12.1. The van der Waals surface area contributed by atoms with Gasteiger partial charge in [-0.25, -0.2) is 4.98 Å². The summed E-state index contributed by atoms with van der Waals surface area (Å²) in [7, 11) is 0. The molecule has 106 valence electrons. The lowest BCUT2D eigenvalue weighted by Crippen LogP contribution is -2.25. The van der Waals surface area contributed by atoms with E-state index in [1.165, 1.54) is 0 Å². The van der Waals surface area contributed by atoms with Crippen molar-refractivity contribution >= 4 is 22.5 Å². The van der Waals surface area contributed by atoms with Gasteiger partial charge in [0.15, 0.2) is 0 Å². The van der Waals surface area contributed by atoms with E-state index in [2.05, 4.69) is 22.5 Å². The molecule has 2 N–H and O–H groups in total. The van der Waals surface area contributed by atoms with Gasteiger partial charge in [-0.2, -0.15) is 0 Å². The van der Waals surface area contributed by atoms with Crippen molar-refractivity contribution in [3.05, 3.63) is 36.0 Å². The number of fused-ring (bicyclic) bond motifs is 1. The molecular weight excluding hydrogens is 250 g/mol. The van der Waals surface area contributed by atoms with Crippen LogP contribution in [0.15, 0.2) is 30.3 Å². The number of anilines is 1. The predicted octanol–water partition coefficient (Wildman–Crippen LogP) is 3.20. The molecule has 0 bridgehead atoms. The molecule has 4 heteroatoms. The Bertz CT molecular complexity index is 595. The molecule has 0 unspecified atom stereocenters. The molecule has 20 heavy (non-hydrogen) atoms. The number of amides is 1. The van der Waals surface area contributed by atoms with E-state index < -0.39 is 0 Å². The number of rotatable bonds is 6. The Kier molecular flexibility index (Phi) is 4.93. The Balaban J connectivity index is 2.38. The summed E-state index contributed by atoms with van der Waals surface area (Å²) < 4.78 is 0. The fraction of sp³-hybridized carbons (Fsp3) is 0.375.